The molecule has 0 unspecified atom stereocenters. The SMILES string of the molecule is CCCCCN(C)c1ccc(C=CC(=O)Nc2cnc3ccccc3c2)cc1. The van der Waals surface area contributed by atoms with Gasteiger partial charge >= 0.3 is 0 Å². The van der Waals surface area contributed by atoms with Gasteiger partial charge in [-0.25, -0.2) is 0 Å². The molecule has 0 aliphatic heterocycles. The van der Waals surface area contributed by atoms with Crippen molar-refractivity contribution in [2.45, 2.75) is 26.2 Å². The molecule has 0 atom stereocenters. The molecule has 4 heteroatoms. The van der Waals surface area contributed by atoms with Gasteiger partial charge in [-0.05, 0) is 42.3 Å². The Labute approximate surface area is 166 Å². The van der Waals surface area contributed by atoms with Crippen molar-refractivity contribution in [3.8, 4) is 0 Å². The molecule has 0 radical (unpaired) electrons. The van der Waals surface area contributed by atoms with Crippen LogP contribution in [-0.2, 0) is 4.79 Å². The van der Waals surface area contributed by atoms with Crippen LogP contribution in [0.15, 0.2) is 66.9 Å². The van der Waals surface area contributed by atoms with Crippen LogP contribution in [0.3, 0.4) is 0 Å². The zero-order valence-electron chi connectivity index (χ0n) is 16.6. The molecule has 0 spiro atoms. The van der Waals surface area contributed by atoms with Crippen molar-refractivity contribution in [3.63, 3.8) is 0 Å². The summed E-state index contributed by atoms with van der Waals surface area (Å²) in [6, 6.07) is 18.0. The van der Waals surface area contributed by atoms with Gasteiger partial charge in [0.05, 0.1) is 17.4 Å². The summed E-state index contributed by atoms with van der Waals surface area (Å²) in [5, 5.41) is 3.87. The third-order valence-electron chi connectivity index (χ3n) is 4.72. The van der Waals surface area contributed by atoms with Gasteiger partial charge in [0.25, 0.3) is 0 Å². The van der Waals surface area contributed by atoms with E-state index in [4.69, 9.17) is 0 Å². The summed E-state index contributed by atoms with van der Waals surface area (Å²) in [5.74, 6) is -0.169. The highest BCUT2D eigenvalue weighted by atomic mass is 16.1. The van der Waals surface area contributed by atoms with Crippen molar-refractivity contribution in [2.75, 3.05) is 23.8 Å². The number of fused-ring (bicyclic) bond motifs is 1. The number of rotatable bonds is 8. The molecule has 1 amide bonds. The second-order valence-corrected chi connectivity index (χ2v) is 6.96. The van der Waals surface area contributed by atoms with E-state index >= 15 is 0 Å². The van der Waals surface area contributed by atoms with Gasteiger partial charge < -0.3 is 10.2 Å². The fourth-order valence-corrected chi connectivity index (χ4v) is 3.06. The van der Waals surface area contributed by atoms with Crippen LogP contribution in [0, 0.1) is 0 Å². The summed E-state index contributed by atoms with van der Waals surface area (Å²) < 4.78 is 0. The van der Waals surface area contributed by atoms with E-state index in [-0.39, 0.29) is 5.91 Å². The van der Waals surface area contributed by atoms with Gasteiger partial charge in [-0.2, -0.15) is 0 Å². The predicted octanol–water partition coefficient (Wildman–Crippen LogP) is 5.51. The summed E-state index contributed by atoms with van der Waals surface area (Å²) in [5.41, 5.74) is 3.80. The monoisotopic (exact) mass is 373 g/mol. The Morgan fingerprint density at radius 2 is 1.89 bits per heavy atom. The second kappa shape index (κ2) is 9.70. The van der Waals surface area contributed by atoms with E-state index in [2.05, 4.69) is 41.3 Å². The molecule has 0 saturated carbocycles. The normalized spacial score (nSPS) is 11.1. The second-order valence-electron chi connectivity index (χ2n) is 6.96. The third-order valence-corrected chi connectivity index (χ3v) is 4.72. The molecule has 0 bridgehead atoms. The van der Waals surface area contributed by atoms with Crippen molar-refractivity contribution in [3.05, 3.63) is 72.4 Å². The van der Waals surface area contributed by atoms with Crippen LogP contribution in [0.1, 0.15) is 31.7 Å². The van der Waals surface area contributed by atoms with Gasteiger partial charge in [-0.15, -0.1) is 0 Å². The first kappa shape index (κ1) is 19.6. The number of hydrogen-bond acceptors (Lipinski definition) is 3. The van der Waals surface area contributed by atoms with Gasteiger partial charge in [0.15, 0.2) is 0 Å². The number of para-hydroxylation sites is 1. The largest absolute Gasteiger partial charge is 0.375 e. The van der Waals surface area contributed by atoms with E-state index in [0.717, 1.165) is 23.0 Å². The Bertz CT molecular complexity index is 947. The van der Waals surface area contributed by atoms with Crippen LogP contribution in [0.4, 0.5) is 11.4 Å². The summed E-state index contributed by atoms with van der Waals surface area (Å²) in [7, 11) is 2.12. The molecule has 1 aromatic heterocycles. The molecule has 28 heavy (non-hydrogen) atoms. The van der Waals surface area contributed by atoms with Crippen molar-refractivity contribution >= 4 is 34.3 Å². The molecule has 3 aromatic rings. The van der Waals surface area contributed by atoms with Gasteiger partial charge in [-0.1, -0.05) is 50.1 Å². The Morgan fingerprint density at radius 1 is 1.11 bits per heavy atom. The Kier molecular flexibility index (Phi) is 6.79. The lowest BCUT2D eigenvalue weighted by Crippen LogP contribution is -2.18. The number of amides is 1. The quantitative estimate of drug-likeness (QED) is 0.418. The smallest absolute Gasteiger partial charge is 0.248 e. The Hall–Kier alpha value is -3.14. The zero-order valence-corrected chi connectivity index (χ0v) is 16.6. The average molecular weight is 374 g/mol. The summed E-state index contributed by atoms with van der Waals surface area (Å²) in [6.45, 7) is 3.28. The van der Waals surface area contributed by atoms with E-state index in [0.29, 0.717) is 5.69 Å². The van der Waals surface area contributed by atoms with Gasteiger partial charge in [0.1, 0.15) is 0 Å². The van der Waals surface area contributed by atoms with E-state index in [1.54, 1.807) is 12.3 Å². The van der Waals surface area contributed by atoms with Gasteiger partial charge in [0.2, 0.25) is 5.91 Å². The number of nitrogens with zero attached hydrogens (tertiary/aromatic N) is 2. The zero-order chi connectivity index (χ0) is 19.8. The summed E-state index contributed by atoms with van der Waals surface area (Å²) >= 11 is 0. The molecule has 0 aliphatic rings. The first-order chi connectivity index (χ1) is 13.7. The van der Waals surface area contributed by atoms with Crippen LogP contribution in [0.2, 0.25) is 0 Å². The minimum atomic E-state index is -0.169. The lowest BCUT2D eigenvalue weighted by Gasteiger charge is -2.19. The number of pyridine rings is 1. The Balaban J connectivity index is 1.57. The maximum absolute atomic E-state index is 12.2. The van der Waals surface area contributed by atoms with Crippen molar-refractivity contribution in [1.29, 1.82) is 0 Å². The standard InChI is InChI=1S/C24H27N3O/c1-3-4-7-16-27(2)22-13-10-19(11-14-22)12-15-24(28)26-21-17-20-8-5-6-9-23(20)25-18-21/h5-6,8-15,17-18H,3-4,7,16H2,1-2H3,(H,26,28). The minimum Gasteiger partial charge on any atom is -0.375 e. The maximum Gasteiger partial charge on any atom is 0.248 e. The number of aromatic nitrogens is 1. The molecule has 1 N–H and O–H groups in total. The number of hydrogen-bond donors (Lipinski definition) is 1. The molecule has 3 rings (SSSR count). The first-order valence-electron chi connectivity index (χ1n) is 9.81. The number of carbonyl (C=O) groups is 1. The Morgan fingerprint density at radius 3 is 2.68 bits per heavy atom. The maximum atomic E-state index is 12.2. The van der Waals surface area contributed by atoms with Crippen LogP contribution >= 0.6 is 0 Å². The molecule has 144 valence electrons. The molecule has 0 fully saturated rings. The highest BCUT2D eigenvalue weighted by Gasteiger charge is 2.02. The number of carbonyl (C=O) groups excluding carboxylic acids is 1. The molecule has 0 aliphatic carbocycles. The van der Waals surface area contributed by atoms with Crippen molar-refractivity contribution in [1.82, 2.24) is 4.98 Å². The number of unbranched alkanes of at least 4 members (excludes halogenated alkanes) is 2. The number of nitrogens with one attached hydrogen (secondary N) is 1. The predicted molar refractivity (Wildman–Crippen MR) is 119 cm³/mol. The molecule has 4 nitrogen and oxygen atoms in total. The molecular weight excluding hydrogens is 346 g/mol. The molecule has 0 saturated heterocycles. The van der Waals surface area contributed by atoms with Crippen molar-refractivity contribution in [2.24, 2.45) is 0 Å². The fraction of sp³-hybridized carbons (Fsp3) is 0.250. The van der Waals surface area contributed by atoms with Gasteiger partial charge in [0, 0.05) is 30.7 Å². The van der Waals surface area contributed by atoms with E-state index in [1.807, 2.05) is 48.5 Å². The molecule has 1 heterocycles. The van der Waals surface area contributed by atoms with Crippen LogP contribution in [0.25, 0.3) is 17.0 Å². The summed E-state index contributed by atoms with van der Waals surface area (Å²) in [4.78, 5) is 18.8. The van der Waals surface area contributed by atoms with E-state index in [9.17, 15) is 4.79 Å². The van der Waals surface area contributed by atoms with E-state index in [1.165, 1.54) is 24.9 Å². The van der Waals surface area contributed by atoms with Crippen LogP contribution < -0.4 is 10.2 Å². The first-order valence-corrected chi connectivity index (χ1v) is 9.81. The lowest BCUT2D eigenvalue weighted by molar-refractivity contribution is -0.111. The fourth-order valence-electron chi connectivity index (χ4n) is 3.06. The highest BCUT2D eigenvalue weighted by Crippen LogP contribution is 2.17. The van der Waals surface area contributed by atoms with Crippen LogP contribution in [0.5, 0.6) is 0 Å². The number of benzene rings is 2. The molecular formula is C24H27N3O. The van der Waals surface area contributed by atoms with Crippen LogP contribution in [-0.4, -0.2) is 24.5 Å². The molecule has 2 aromatic carbocycles. The number of anilines is 2. The van der Waals surface area contributed by atoms with E-state index < -0.39 is 0 Å². The lowest BCUT2D eigenvalue weighted by atomic mass is 10.1. The summed E-state index contributed by atoms with van der Waals surface area (Å²) in [6.07, 6.45) is 8.75. The van der Waals surface area contributed by atoms with Gasteiger partial charge in [-0.3, -0.25) is 9.78 Å². The minimum absolute atomic E-state index is 0.169. The highest BCUT2D eigenvalue weighted by molar-refractivity contribution is 6.02. The third kappa shape index (κ3) is 5.43. The average Bonchev–Trinajstić information content (AvgIpc) is 2.72. The topological polar surface area (TPSA) is 45.2 Å². The van der Waals surface area contributed by atoms with Crippen molar-refractivity contribution < 1.29 is 4.79 Å².